The molecular formula is C21H18BrN3O5S. The normalized spacial score (nSPS) is 11.0. The lowest BCUT2D eigenvalue weighted by atomic mass is 10.1. The molecule has 0 radical (unpaired) electrons. The third-order valence-corrected chi connectivity index (χ3v) is 6.66. The molecule has 0 spiro atoms. The van der Waals surface area contributed by atoms with Crippen LogP contribution in [0.3, 0.4) is 0 Å². The first-order chi connectivity index (χ1) is 14.6. The van der Waals surface area contributed by atoms with Gasteiger partial charge in [0.15, 0.2) is 0 Å². The summed E-state index contributed by atoms with van der Waals surface area (Å²) in [5.41, 5.74) is 2.31. The van der Waals surface area contributed by atoms with Gasteiger partial charge in [-0.05, 0) is 65.3 Å². The van der Waals surface area contributed by atoms with E-state index in [1.807, 2.05) is 6.92 Å². The van der Waals surface area contributed by atoms with Crippen molar-refractivity contribution < 1.29 is 18.1 Å². The van der Waals surface area contributed by atoms with Gasteiger partial charge in [-0.3, -0.25) is 19.6 Å². The maximum absolute atomic E-state index is 12.9. The quantitative estimate of drug-likeness (QED) is 0.361. The Labute approximate surface area is 187 Å². The summed E-state index contributed by atoms with van der Waals surface area (Å²) in [6, 6.07) is 17.3. The van der Waals surface area contributed by atoms with Crippen LogP contribution in [-0.2, 0) is 16.6 Å². The highest BCUT2D eigenvalue weighted by molar-refractivity contribution is 9.10. The van der Waals surface area contributed by atoms with Crippen LogP contribution in [0.4, 0.5) is 11.4 Å². The van der Waals surface area contributed by atoms with Crippen molar-refractivity contribution in [2.24, 2.45) is 0 Å². The lowest BCUT2D eigenvalue weighted by molar-refractivity contribution is -0.496. The van der Waals surface area contributed by atoms with E-state index in [0.717, 1.165) is 5.56 Å². The van der Waals surface area contributed by atoms with Gasteiger partial charge in [-0.2, -0.15) is 0 Å². The highest BCUT2D eigenvalue weighted by Crippen LogP contribution is 2.26. The Balaban J connectivity index is 1.84. The molecule has 0 fully saturated rings. The Hall–Kier alpha value is -3.24. The summed E-state index contributed by atoms with van der Waals surface area (Å²) in [5.74, 6) is -0.544. The summed E-state index contributed by atoms with van der Waals surface area (Å²) in [7, 11) is -3.96. The average molecular weight is 504 g/mol. The zero-order valence-corrected chi connectivity index (χ0v) is 18.7. The van der Waals surface area contributed by atoms with E-state index in [2.05, 4.69) is 26.0 Å². The molecule has 31 heavy (non-hydrogen) atoms. The van der Waals surface area contributed by atoms with Crippen LogP contribution in [-0.4, -0.2) is 19.2 Å². The van der Waals surface area contributed by atoms with Crippen molar-refractivity contribution in [3.63, 3.8) is 0 Å². The fourth-order valence-corrected chi connectivity index (χ4v) is 4.83. The molecule has 160 valence electrons. The lowest BCUT2D eigenvalue weighted by Gasteiger charge is -2.12. The fourth-order valence-electron chi connectivity index (χ4n) is 2.78. The minimum Gasteiger partial charge on any atom is -0.322 e. The number of nitrogens with zero attached hydrogens (tertiary/aromatic N) is 1. The molecule has 8 nitrogen and oxygen atoms in total. The summed E-state index contributed by atoms with van der Waals surface area (Å²) in [5, 5.41) is 13.3. The molecule has 1 amide bonds. The largest absolute Gasteiger partial charge is 0.322 e. The van der Waals surface area contributed by atoms with Gasteiger partial charge in [-0.15, -0.1) is 0 Å². The van der Waals surface area contributed by atoms with E-state index in [1.165, 1.54) is 24.3 Å². The van der Waals surface area contributed by atoms with Gasteiger partial charge in [0.05, 0.1) is 0 Å². The van der Waals surface area contributed by atoms with Crippen LogP contribution in [0.1, 0.15) is 21.5 Å². The molecule has 0 aliphatic carbocycles. The first-order valence-electron chi connectivity index (χ1n) is 9.05. The molecule has 0 unspecified atom stereocenters. The van der Waals surface area contributed by atoms with Crippen LogP contribution in [0.25, 0.3) is 0 Å². The average Bonchev–Trinajstić information content (AvgIpc) is 2.69. The summed E-state index contributed by atoms with van der Waals surface area (Å²) in [6.07, 6.45) is 0. The van der Waals surface area contributed by atoms with Crippen LogP contribution < -0.4 is 10.0 Å². The summed E-state index contributed by atoms with van der Waals surface area (Å²) < 4.78 is 28.5. The molecule has 0 bridgehead atoms. The molecule has 3 aromatic rings. The predicted octanol–water partition coefficient (Wildman–Crippen LogP) is 4.59. The van der Waals surface area contributed by atoms with Crippen molar-refractivity contribution in [1.82, 2.24) is 0 Å². The number of nitro groups is 1. The van der Waals surface area contributed by atoms with Gasteiger partial charge in [-0.1, -0.05) is 29.8 Å². The second-order valence-electron chi connectivity index (χ2n) is 6.76. The van der Waals surface area contributed by atoms with Crippen LogP contribution in [0, 0.1) is 17.0 Å². The summed E-state index contributed by atoms with van der Waals surface area (Å²) in [4.78, 5) is 22.8. The van der Waals surface area contributed by atoms with Gasteiger partial charge in [0.2, 0.25) is 6.54 Å². The molecule has 3 aromatic carbocycles. The van der Waals surface area contributed by atoms with Crippen LogP contribution >= 0.6 is 15.9 Å². The minimum absolute atomic E-state index is 0.0946. The molecule has 0 aromatic heterocycles. The number of aryl methyl sites for hydroxylation is 1. The summed E-state index contributed by atoms with van der Waals surface area (Å²) >= 11 is 3.22. The highest BCUT2D eigenvalue weighted by atomic mass is 79.9. The Morgan fingerprint density at radius 1 is 1.03 bits per heavy atom. The maximum atomic E-state index is 12.9. The van der Waals surface area contributed by atoms with Gasteiger partial charge in [0.25, 0.3) is 15.9 Å². The second kappa shape index (κ2) is 9.27. The topological polar surface area (TPSA) is 118 Å². The number of carbonyl (C=O) groups is 1. The zero-order valence-electron chi connectivity index (χ0n) is 16.3. The number of rotatable bonds is 7. The molecule has 0 saturated carbocycles. The van der Waals surface area contributed by atoms with E-state index in [-0.39, 0.29) is 17.0 Å². The van der Waals surface area contributed by atoms with E-state index < -0.39 is 20.9 Å². The SMILES string of the molecule is Cc1ccc(NS(=O)(=O)c2cc(C(=O)Nc3cccc(C[N+](=O)[O-])c3)ccc2Br)cc1. The van der Waals surface area contributed by atoms with Gasteiger partial charge in [0.1, 0.15) is 4.90 Å². The standard InChI is InChI=1S/C21H18BrN3O5S/c1-14-5-8-17(9-6-14)24-31(29,30)20-12-16(7-10-19(20)22)21(26)23-18-4-2-3-15(11-18)13-25(27)28/h2-12,24H,13H2,1H3,(H,23,26). The smallest absolute Gasteiger partial charge is 0.263 e. The maximum Gasteiger partial charge on any atom is 0.263 e. The zero-order chi connectivity index (χ0) is 22.6. The Kier molecular flexibility index (Phi) is 6.71. The molecular weight excluding hydrogens is 486 g/mol. The number of hydrogen-bond donors (Lipinski definition) is 2. The number of anilines is 2. The third-order valence-electron chi connectivity index (χ3n) is 4.28. The van der Waals surface area contributed by atoms with Gasteiger partial charge in [0, 0.05) is 31.9 Å². The van der Waals surface area contributed by atoms with Crippen molar-refractivity contribution in [2.45, 2.75) is 18.4 Å². The molecule has 0 aliphatic heterocycles. The molecule has 0 aliphatic rings. The van der Waals surface area contributed by atoms with Crippen molar-refractivity contribution in [3.8, 4) is 0 Å². The highest BCUT2D eigenvalue weighted by Gasteiger charge is 2.20. The Bertz CT molecular complexity index is 1240. The number of amides is 1. The van der Waals surface area contributed by atoms with Gasteiger partial charge < -0.3 is 5.32 Å². The molecule has 0 saturated heterocycles. The van der Waals surface area contributed by atoms with E-state index in [4.69, 9.17) is 0 Å². The molecule has 2 N–H and O–H groups in total. The number of hydrogen-bond acceptors (Lipinski definition) is 5. The first-order valence-corrected chi connectivity index (χ1v) is 11.3. The number of sulfonamides is 1. The molecule has 0 heterocycles. The number of nitrogens with one attached hydrogen (secondary N) is 2. The van der Waals surface area contributed by atoms with E-state index in [9.17, 15) is 23.3 Å². The van der Waals surface area contributed by atoms with E-state index in [1.54, 1.807) is 42.5 Å². The van der Waals surface area contributed by atoms with Crippen molar-refractivity contribution in [2.75, 3.05) is 10.0 Å². The Morgan fingerprint density at radius 3 is 2.42 bits per heavy atom. The third kappa shape index (κ3) is 5.89. The molecule has 10 heteroatoms. The number of benzene rings is 3. The number of carbonyl (C=O) groups excluding carboxylic acids is 1. The van der Waals surface area contributed by atoms with E-state index in [0.29, 0.717) is 21.4 Å². The van der Waals surface area contributed by atoms with Crippen LogP contribution in [0.15, 0.2) is 76.1 Å². The fraction of sp³-hybridized carbons (Fsp3) is 0.0952. The summed E-state index contributed by atoms with van der Waals surface area (Å²) in [6.45, 7) is 1.53. The predicted molar refractivity (Wildman–Crippen MR) is 121 cm³/mol. The van der Waals surface area contributed by atoms with Gasteiger partial charge in [-0.25, -0.2) is 8.42 Å². The van der Waals surface area contributed by atoms with Crippen LogP contribution in [0.5, 0.6) is 0 Å². The van der Waals surface area contributed by atoms with Gasteiger partial charge >= 0.3 is 0 Å². The lowest BCUT2D eigenvalue weighted by Crippen LogP contribution is -2.16. The van der Waals surface area contributed by atoms with Crippen molar-refractivity contribution >= 4 is 43.2 Å². The van der Waals surface area contributed by atoms with E-state index >= 15 is 0 Å². The Morgan fingerprint density at radius 2 is 1.74 bits per heavy atom. The van der Waals surface area contributed by atoms with Crippen molar-refractivity contribution in [3.05, 3.63) is 98.0 Å². The number of halogens is 1. The minimum atomic E-state index is -3.96. The first kappa shape index (κ1) is 22.4. The monoisotopic (exact) mass is 503 g/mol. The van der Waals surface area contributed by atoms with Crippen LogP contribution in [0.2, 0.25) is 0 Å². The molecule has 0 atom stereocenters. The molecule has 3 rings (SSSR count). The second-order valence-corrected chi connectivity index (χ2v) is 9.27. The van der Waals surface area contributed by atoms with Crippen molar-refractivity contribution in [1.29, 1.82) is 0 Å².